The number of nitrogens with zero attached hydrogens (tertiary/aromatic N) is 3. The Labute approximate surface area is 157 Å². The number of guanidine groups is 1. The van der Waals surface area contributed by atoms with Crippen LogP contribution in [0.4, 0.5) is 5.69 Å². The number of anilines is 1. The first kappa shape index (κ1) is 20.1. The highest BCUT2D eigenvalue weighted by Crippen LogP contribution is 2.22. The van der Waals surface area contributed by atoms with Gasteiger partial charge in [0.1, 0.15) is 0 Å². The van der Waals surface area contributed by atoms with Crippen molar-refractivity contribution in [2.45, 2.75) is 20.8 Å². The van der Waals surface area contributed by atoms with Crippen LogP contribution in [0.15, 0.2) is 17.1 Å². The number of benzene rings is 1. The van der Waals surface area contributed by atoms with Crippen molar-refractivity contribution >= 4 is 23.4 Å². The minimum atomic E-state index is 0.736. The maximum atomic E-state index is 5.57. The molecule has 0 spiro atoms. The molecular formula is C19H33N5S. The summed E-state index contributed by atoms with van der Waals surface area (Å²) in [6, 6.07) is 4.46. The summed E-state index contributed by atoms with van der Waals surface area (Å²) in [7, 11) is 2.18. The summed E-state index contributed by atoms with van der Waals surface area (Å²) in [4.78, 5) is 9.65. The number of aliphatic imine (C=N–C) groups is 1. The lowest BCUT2D eigenvalue weighted by atomic mass is 10.1. The number of likely N-dealkylation sites (N-methyl/N-ethyl adjacent to an activating group) is 1. The highest BCUT2D eigenvalue weighted by atomic mass is 32.2. The van der Waals surface area contributed by atoms with Crippen molar-refractivity contribution in [1.29, 1.82) is 0 Å². The van der Waals surface area contributed by atoms with Crippen LogP contribution in [0, 0.1) is 20.8 Å². The Kier molecular flexibility index (Phi) is 8.06. The minimum Gasteiger partial charge on any atom is -0.340 e. The van der Waals surface area contributed by atoms with Gasteiger partial charge in [0.05, 0.1) is 6.54 Å². The Bertz CT molecular complexity index is 556. The Morgan fingerprint density at radius 3 is 2.36 bits per heavy atom. The zero-order valence-corrected chi connectivity index (χ0v) is 17.0. The maximum Gasteiger partial charge on any atom is 0.198 e. The van der Waals surface area contributed by atoms with Crippen LogP contribution in [0.2, 0.25) is 0 Å². The molecule has 0 aliphatic carbocycles. The SMILES string of the molecule is Cc1cc(C)c(NC(=NCCSCCN)N2CCN(C)CC2)c(C)c1. The number of aryl methyl sites for hydroxylation is 3. The summed E-state index contributed by atoms with van der Waals surface area (Å²) in [6.07, 6.45) is 0. The number of hydrogen-bond donors (Lipinski definition) is 2. The van der Waals surface area contributed by atoms with Crippen molar-refractivity contribution in [1.82, 2.24) is 9.80 Å². The lowest BCUT2D eigenvalue weighted by Gasteiger charge is -2.35. The lowest BCUT2D eigenvalue weighted by Crippen LogP contribution is -2.49. The average Bonchev–Trinajstić information content (AvgIpc) is 2.57. The quantitative estimate of drug-likeness (QED) is 0.461. The second kappa shape index (κ2) is 10.0. The molecule has 3 N–H and O–H groups in total. The summed E-state index contributed by atoms with van der Waals surface area (Å²) in [6.45, 7) is 12.2. The number of hydrogen-bond acceptors (Lipinski definition) is 4. The van der Waals surface area contributed by atoms with Gasteiger partial charge in [0, 0.05) is 49.9 Å². The van der Waals surface area contributed by atoms with Crippen molar-refractivity contribution in [3.8, 4) is 0 Å². The van der Waals surface area contributed by atoms with E-state index < -0.39 is 0 Å². The molecule has 25 heavy (non-hydrogen) atoms. The Hall–Kier alpha value is -1.24. The van der Waals surface area contributed by atoms with Crippen LogP contribution in [-0.2, 0) is 0 Å². The molecule has 1 aromatic rings. The zero-order valence-electron chi connectivity index (χ0n) is 16.1. The second-order valence-electron chi connectivity index (χ2n) is 6.80. The average molecular weight is 364 g/mol. The van der Waals surface area contributed by atoms with Gasteiger partial charge in [-0.1, -0.05) is 17.7 Å². The molecule has 5 nitrogen and oxygen atoms in total. The lowest BCUT2D eigenvalue weighted by molar-refractivity contribution is 0.215. The van der Waals surface area contributed by atoms with E-state index in [4.69, 9.17) is 10.7 Å². The molecule has 2 rings (SSSR count). The van der Waals surface area contributed by atoms with E-state index in [2.05, 4.69) is 55.1 Å². The van der Waals surface area contributed by atoms with Gasteiger partial charge in [-0.3, -0.25) is 4.99 Å². The molecule has 0 unspecified atom stereocenters. The maximum absolute atomic E-state index is 5.57. The normalized spacial score (nSPS) is 16.4. The van der Waals surface area contributed by atoms with Gasteiger partial charge in [-0.25, -0.2) is 0 Å². The molecule has 0 atom stereocenters. The molecular weight excluding hydrogens is 330 g/mol. The third-order valence-corrected chi connectivity index (χ3v) is 5.47. The monoisotopic (exact) mass is 363 g/mol. The summed E-state index contributed by atoms with van der Waals surface area (Å²) in [5.41, 5.74) is 10.6. The van der Waals surface area contributed by atoms with Crippen molar-refractivity contribution < 1.29 is 0 Å². The standard InChI is InChI=1S/C19H33N5S/c1-15-13-16(2)18(17(3)14-15)22-19(21-6-12-25-11-5-20)24-9-7-23(4)8-10-24/h13-14H,5-12,20H2,1-4H3,(H,21,22). The van der Waals surface area contributed by atoms with Crippen LogP contribution in [-0.4, -0.2) is 73.6 Å². The van der Waals surface area contributed by atoms with E-state index in [1.807, 2.05) is 11.8 Å². The van der Waals surface area contributed by atoms with Gasteiger partial charge < -0.3 is 20.9 Å². The van der Waals surface area contributed by atoms with Crippen LogP contribution < -0.4 is 11.1 Å². The number of nitrogens with two attached hydrogens (primary N) is 1. The minimum absolute atomic E-state index is 0.736. The van der Waals surface area contributed by atoms with E-state index in [1.54, 1.807) is 0 Å². The van der Waals surface area contributed by atoms with Crippen molar-refractivity contribution in [2.24, 2.45) is 10.7 Å². The fraction of sp³-hybridized carbons (Fsp3) is 0.632. The molecule has 1 aliphatic heterocycles. The largest absolute Gasteiger partial charge is 0.340 e. The van der Waals surface area contributed by atoms with Crippen LogP contribution in [0.1, 0.15) is 16.7 Å². The molecule has 0 bridgehead atoms. The highest BCUT2D eigenvalue weighted by molar-refractivity contribution is 7.99. The van der Waals surface area contributed by atoms with Gasteiger partial charge in [-0.15, -0.1) is 0 Å². The number of nitrogens with one attached hydrogen (secondary N) is 1. The Balaban J connectivity index is 2.12. The molecule has 1 aliphatic rings. The second-order valence-corrected chi connectivity index (χ2v) is 8.02. The van der Waals surface area contributed by atoms with Gasteiger partial charge >= 0.3 is 0 Å². The summed E-state index contributed by atoms with van der Waals surface area (Å²) in [5.74, 6) is 3.03. The summed E-state index contributed by atoms with van der Waals surface area (Å²) >= 11 is 1.87. The van der Waals surface area contributed by atoms with Crippen molar-refractivity contribution in [3.05, 3.63) is 28.8 Å². The first-order chi connectivity index (χ1) is 12.0. The van der Waals surface area contributed by atoms with E-state index in [0.717, 1.165) is 56.7 Å². The van der Waals surface area contributed by atoms with Crippen LogP contribution >= 0.6 is 11.8 Å². The fourth-order valence-corrected chi connectivity index (χ4v) is 3.72. The molecule has 0 saturated carbocycles. The summed E-state index contributed by atoms with van der Waals surface area (Å²) < 4.78 is 0. The van der Waals surface area contributed by atoms with Crippen LogP contribution in [0.25, 0.3) is 0 Å². The van der Waals surface area contributed by atoms with Gasteiger partial charge in [0.15, 0.2) is 5.96 Å². The molecule has 1 heterocycles. The van der Waals surface area contributed by atoms with Gasteiger partial charge in [-0.05, 0) is 38.9 Å². The van der Waals surface area contributed by atoms with Gasteiger partial charge in [0.25, 0.3) is 0 Å². The predicted octanol–water partition coefficient (Wildman–Crippen LogP) is 2.32. The molecule has 1 saturated heterocycles. The van der Waals surface area contributed by atoms with E-state index >= 15 is 0 Å². The Morgan fingerprint density at radius 1 is 1.12 bits per heavy atom. The first-order valence-electron chi connectivity index (χ1n) is 9.12. The smallest absolute Gasteiger partial charge is 0.198 e. The number of thioether (sulfide) groups is 1. The van der Waals surface area contributed by atoms with Gasteiger partial charge in [0.2, 0.25) is 0 Å². The van der Waals surface area contributed by atoms with Crippen molar-refractivity contribution in [2.75, 3.05) is 63.1 Å². The van der Waals surface area contributed by atoms with Crippen molar-refractivity contribution in [3.63, 3.8) is 0 Å². The third kappa shape index (κ3) is 6.20. The predicted molar refractivity (Wildman–Crippen MR) is 112 cm³/mol. The number of piperazine rings is 1. The molecule has 140 valence electrons. The molecule has 1 fully saturated rings. The molecule has 0 radical (unpaired) electrons. The topological polar surface area (TPSA) is 56.9 Å². The van der Waals surface area contributed by atoms with E-state index in [9.17, 15) is 0 Å². The van der Waals surface area contributed by atoms with Crippen LogP contribution in [0.5, 0.6) is 0 Å². The molecule has 0 amide bonds. The van der Waals surface area contributed by atoms with Gasteiger partial charge in [-0.2, -0.15) is 11.8 Å². The molecule has 6 heteroatoms. The highest BCUT2D eigenvalue weighted by Gasteiger charge is 2.18. The van der Waals surface area contributed by atoms with E-state index in [1.165, 1.54) is 22.4 Å². The van der Waals surface area contributed by atoms with E-state index in [0.29, 0.717) is 0 Å². The Morgan fingerprint density at radius 2 is 1.76 bits per heavy atom. The zero-order chi connectivity index (χ0) is 18.2. The first-order valence-corrected chi connectivity index (χ1v) is 10.3. The number of rotatable bonds is 6. The van der Waals surface area contributed by atoms with E-state index in [-0.39, 0.29) is 0 Å². The summed E-state index contributed by atoms with van der Waals surface area (Å²) in [5, 5.41) is 3.64. The molecule has 1 aromatic carbocycles. The molecule has 0 aromatic heterocycles. The fourth-order valence-electron chi connectivity index (χ4n) is 3.13. The van der Waals surface area contributed by atoms with Crippen LogP contribution in [0.3, 0.4) is 0 Å². The third-order valence-electron chi connectivity index (χ3n) is 4.48.